The van der Waals surface area contributed by atoms with Crippen LogP contribution in [0.2, 0.25) is 0 Å². The lowest BCUT2D eigenvalue weighted by atomic mass is 10.1. The number of hydrogen-bond donors (Lipinski definition) is 0. The van der Waals surface area contributed by atoms with Crippen molar-refractivity contribution in [1.29, 1.82) is 0 Å². The molecule has 0 aliphatic rings. The van der Waals surface area contributed by atoms with Crippen LogP contribution in [0.4, 0.5) is 0 Å². The number of rotatable bonds is 22. The number of halogens is 1. The van der Waals surface area contributed by atoms with Crippen LogP contribution in [-0.4, -0.2) is 45.7 Å². The number of unbranched alkanes of at least 4 members (excludes halogenated alkanes) is 10. The quantitative estimate of drug-likeness (QED) is 0.0560. The van der Waals surface area contributed by atoms with Gasteiger partial charge in [0.2, 0.25) is 0 Å². The van der Waals surface area contributed by atoms with E-state index in [0.29, 0.717) is 0 Å². The van der Waals surface area contributed by atoms with Crippen molar-refractivity contribution in [3.05, 3.63) is 12.2 Å². The van der Waals surface area contributed by atoms with Crippen molar-refractivity contribution < 1.29 is 33.5 Å². The number of ether oxygens (including phenoxy) is 2. The first-order valence-electron chi connectivity index (χ1n) is 12.7. The molecule has 0 unspecified atom stereocenters. The fraction of sp³-hybridized carbons (Fsp3) is 0.923. The summed E-state index contributed by atoms with van der Waals surface area (Å²) in [4.78, 5) is 0. The van der Waals surface area contributed by atoms with Gasteiger partial charge in [0.1, 0.15) is 0 Å². The standard InChI is InChI=1S/C26H54O2P.HI/c1-6-8-10-19-23-27-26(28-24-20-11-9-7-2)22-18-16-14-12-13-15-17-21-25-29(3,4)5;/h13,15,26H,6-12,14,16-25H2,1-5H3;1H/q+1;/p-1/b15-13+;. The molecule has 2 nitrogen and oxygen atoms in total. The molecule has 0 saturated heterocycles. The monoisotopic (exact) mass is 556 g/mol. The molecule has 182 valence electrons. The normalized spacial score (nSPS) is 12.1. The first-order valence-corrected chi connectivity index (χ1v) is 16.0. The minimum absolute atomic E-state index is 0. The maximum atomic E-state index is 6.06. The molecule has 30 heavy (non-hydrogen) atoms. The molecule has 0 fully saturated rings. The Kier molecular flexibility index (Phi) is 26.9. The van der Waals surface area contributed by atoms with Crippen LogP contribution in [0.15, 0.2) is 12.2 Å². The maximum absolute atomic E-state index is 6.06. The maximum Gasteiger partial charge on any atom is 0.157 e. The highest BCUT2D eigenvalue weighted by Gasteiger charge is 2.14. The SMILES string of the molecule is CCCCCCOC(CCCCC/C=C/CCC[P+](C)(C)C)OCCCCCC.[I-]. The number of hydrogen-bond acceptors (Lipinski definition) is 2. The highest BCUT2D eigenvalue weighted by Crippen LogP contribution is 2.47. The molecule has 0 radical (unpaired) electrons. The molecule has 0 aromatic carbocycles. The van der Waals surface area contributed by atoms with Crippen molar-refractivity contribution in [2.75, 3.05) is 39.4 Å². The largest absolute Gasteiger partial charge is 1.00 e. The minimum atomic E-state index is -0.582. The van der Waals surface area contributed by atoms with Crippen LogP contribution >= 0.6 is 7.26 Å². The van der Waals surface area contributed by atoms with E-state index in [1.807, 2.05) is 0 Å². The molecular weight excluding hydrogens is 502 g/mol. The van der Waals surface area contributed by atoms with E-state index in [9.17, 15) is 0 Å². The van der Waals surface area contributed by atoms with E-state index in [1.54, 1.807) is 0 Å². The molecule has 0 aromatic heterocycles. The van der Waals surface area contributed by atoms with E-state index in [2.05, 4.69) is 46.0 Å². The van der Waals surface area contributed by atoms with Gasteiger partial charge in [0.15, 0.2) is 6.29 Å². The average Bonchev–Trinajstić information content (AvgIpc) is 2.67. The molecule has 0 saturated carbocycles. The van der Waals surface area contributed by atoms with Crippen molar-refractivity contribution in [2.24, 2.45) is 0 Å². The molecule has 0 spiro atoms. The number of allylic oxidation sites excluding steroid dienone is 2. The van der Waals surface area contributed by atoms with Crippen LogP contribution in [0.3, 0.4) is 0 Å². The molecule has 0 atom stereocenters. The molecule has 4 heteroatoms. The Morgan fingerprint density at radius 2 is 1.13 bits per heavy atom. The zero-order valence-corrected chi connectivity index (χ0v) is 24.2. The third kappa shape index (κ3) is 26.9. The van der Waals surface area contributed by atoms with Crippen molar-refractivity contribution in [1.82, 2.24) is 0 Å². The second-order valence-corrected chi connectivity index (χ2v) is 14.6. The van der Waals surface area contributed by atoms with E-state index in [4.69, 9.17) is 9.47 Å². The van der Waals surface area contributed by atoms with E-state index in [0.717, 1.165) is 19.6 Å². The third-order valence-corrected chi connectivity index (χ3v) is 6.94. The van der Waals surface area contributed by atoms with Crippen molar-refractivity contribution in [3.63, 3.8) is 0 Å². The zero-order chi connectivity index (χ0) is 21.6. The van der Waals surface area contributed by atoms with E-state index in [-0.39, 0.29) is 30.3 Å². The van der Waals surface area contributed by atoms with Gasteiger partial charge in [-0.25, -0.2) is 0 Å². The molecular formula is C26H54IO2P. The molecule has 0 amide bonds. The smallest absolute Gasteiger partial charge is 0.157 e. The summed E-state index contributed by atoms with van der Waals surface area (Å²) in [6.07, 6.45) is 25.1. The minimum Gasteiger partial charge on any atom is -1.00 e. The summed E-state index contributed by atoms with van der Waals surface area (Å²) >= 11 is 0. The summed E-state index contributed by atoms with van der Waals surface area (Å²) in [5.74, 6) is 0. The summed E-state index contributed by atoms with van der Waals surface area (Å²) in [7, 11) is -0.582. The van der Waals surface area contributed by atoms with Crippen molar-refractivity contribution in [2.45, 2.75) is 116 Å². The second-order valence-electron chi connectivity index (χ2n) is 9.56. The summed E-state index contributed by atoms with van der Waals surface area (Å²) in [6, 6.07) is 0. The van der Waals surface area contributed by atoms with Crippen LogP contribution in [0.25, 0.3) is 0 Å². The van der Waals surface area contributed by atoms with Crippen LogP contribution in [0.5, 0.6) is 0 Å². The van der Waals surface area contributed by atoms with Gasteiger partial charge in [-0.3, -0.25) is 0 Å². The predicted octanol–water partition coefficient (Wildman–Crippen LogP) is 5.70. The van der Waals surface area contributed by atoms with Gasteiger partial charge >= 0.3 is 0 Å². The van der Waals surface area contributed by atoms with Gasteiger partial charge in [0.05, 0.1) is 6.16 Å². The molecule has 0 N–H and O–H groups in total. The molecule has 0 rings (SSSR count). The Hall–Kier alpha value is 0.820. The first-order chi connectivity index (χ1) is 14.0. The Bertz CT molecular complexity index is 341. The Labute approximate surface area is 208 Å². The van der Waals surface area contributed by atoms with Crippen LogP contribution in [0.1, 0.15) is 110 Å². The van der Waals surface area contributed by atoms with Crippen molar-refractivity contribution >= 4 is 7.26 Å². The fourth-order valence-corrected chi connectivity index (χ4v) is 4.50. The van der Waals surface area contributed by atoms with E-state index < -0.39 is 7.26 Å². The topological polar surface area (TPSA) is 18.5 Å². The van der Waals surface area contributed by atoms with Gasteiger partial charge in [0.25, 0.3) is 0 Å². The van der Waals surface area contributed by atoms with Gasteiger partial charge < -0.3 is 33.5 Å². The van der Waals surface area contributed by atoms with Crippen LogP contribution in [-0.2, 0) is 9.47 Å². The molecule has 0 aliphatic heterocycles. The molecule has 0 bridgehead atoms. The Balaban J connectivity index is 0. The molecule has 0 heterocycles. The predicted molar refractivity (Wildman–Crippen MR) is 135 cm³/mol. The fourth-order valence-electron chi connectivity index (χ4n) is 3.37. The van der Waals surface area contributed by atoms with Gasteiger partial charge in [-0.1, -0.05) is 70.9 Å². The summed E-state index contributed by atoms with van der Waals surface area (Å²) in [5.41, 5.74) is 0. The average molecular weight is 557 g/mol. The summed E-state index contributed by atoms with van der Waals surface area (Å²) in [5, 5.41) is 0. The Morgan fingerprint density at radius 1 is 0.633 bits per heavy atom. The van der Waals surface area contributed by atoms with Crippen LogP contribution < -0.4 is 24.0 Å². The van der Waals surface area contributed by atoms with Gasteiger partial charge in [-0.05, 0) is 51.4 Å². The van der Waals surface area contributed by atoms with Gasteiger partial charge in [0, 0.05) is 40.5 Å². The zero-order valence-electron chi connectivity index (χ0n) is 21.1. The molecule has 0 aliphatic carbocycles. The highest BCUT2D eigenvalue weighted by atomic mass is 127. The lowest BCUT2D eigenvalue weighted by Crippen LogP contribution is -3.00. The second kappa shape index (κ2) is 24.5. The third-order valence-electron chi connectivity index (χ3n) is 5.28. The highest BCUT2D eigenvalue weighted by molar-refractivity contribution is 7.73. The first kappa shape index (κ1) is 33.0. The van der Waals surface area contributed by atoms with E-state index >= 15 is 0 Å². The van der Waals surface area contributed by atoms with Crippen molar-refractivity contribution in [3.8, 4) is 0 Å². The van der Waals surface area contributed by atoms with Crippen LogP contribution in [0, 0.1) is 0 Å². The lowest BCUT2D eigenvalue weighted by molar-refractivity contribution is -0.148. The summed E-state index contributed by atoms with van der Waals surface area (Å²) in [6.45, 7) is 13.5. The molecule has 0 aromatic rings. The lowest BCUT2D eigenvalue weighted by Gasteiger charge is -2.19. The van der Waals surface area contributed by atoms with E-state index in [1.165, 1.54) is 96.1 Å². The van der Waals surface area contributed by atoms with Gasteiger partial charge in [-0.2, -0.15) is 0 Å². The summed E-state index contributed by atoms with van der Waals surface area (Å²) < 4.78 is 12.1. The van der Waals surface area contributed by atoms with Gasteiger partial charge in [-0.15, -0.1) is 0 Å². The Morgan fingerprint density at radius 3 is 1.63 bits per heavy atom.